The summed E-state index contributed by atoms with van der Waals surface area (Å²) in [5, 5.41) is 7.33. The minimum atomic E-state index is -4.53. The lowest BCUT2D eigenvalue weighted by Gasteiger charge is -2.11. The summed E-state index contributed by atoms with van der Waals surface area (Å²) in [6.45, 7) is 0. The molecular weight excluding hydrogens is 486 g/mol. The summed E-state index contributed by atoms with van der Waals surface area (Å²) in [7, 11) is 0. The quantitative estimate of drug-likeness (QED) is 0.315. The minimum absolute atomic E-state index is 0.0130. The fourth-order valence-electron chi connectivity index (χ4n) is 2.18. The van der Waals surface area contributed by atoms with Gasteiger partial charge in [-0.15, -0.1) is 5.10 Å². The Kier molecular flexibility index (Phi) is 6.90. The highest BCUT2D eigenvalue weighted by Gasteiger charge is 2.31. The van der Waals surface area contributed by atoms with Crippen LogP contribution in [0, 0.1) is 3.95 Å². The van der Waals surface area contributed by atoms with Crippen LogP contribution in [0.5, 0.6) is 0 Å². The summed E-state index contributed by atoms with van der Waals surface area (Å²) < 4.78 is 41.0. The van der Waals surface area contributed by atoms with E-state index in [9.17, 15) is 18.0 Å². The Morgan fingerprint density at radius 3 is 2.55 bits per heavy atom. The molecule has 3 rings (SSSR count). The predicted molar refractivity (Wildman–Crippen MR) is 113 cm³/mol. The highest BCUT2D eigenvalue weighted by Crippen LogP contribution is 2.34. The van der Waals surface area contributed by atoms with Crippen molar-refractivity contribution < 1.29 is 18.0 Å². The molecule has 0 aliphatic rings. The first-order valence-electron chi connectivity index (χ1n) is 7.79. The zero-order valence-corrected chi connectivity index (χ0v) is 18.1. The fraction of sp³-hybridized carbons (Fsp3) is 0.118. The van der Waals surface area contributed by atoms with Gasteiger partial charge in [0.1, 0.15) is 0 Å². The van der Waals surface area contributed by atoms with E-state index in [2.05, 4.69) is 10.4 Å². The number of halogens is 5. The molecular formula is C17H10Cl2F3N3OS3. The molecule has 4 nitrogen and oxygen atoms in total. The van der Waals surface area contributed by atoms with Gasteiger partial charge in [0.25, 0.3) is 0 Å². The molecule has 152 valence electrons. The number of nitrogens with one attached hydrogen (secondary N) is 1. The average Bonchev–Trinajstić information content (AvgIpc) is 3.02. The van der Waals surface area contributed by atoms with Gasteiger partial charge in [0.2, 0.25) is 5.91 Å². The summed E-state index contributed by atoms with van der Waals surface area (Å²) >= 11 is 19.4. The Balaban J connectivity index is 1.67. The van der Waals surface area contributed by atoms with Crippen LogP contribution in [0.25, 0.3) is 5.69 Å². The van der Waals surface area contributed by atoms with E-state index in [-0.39, 0.29) is 16.5 Å². The standard InChI is InChI=1S/C17H10Cl2F3N3OS3/c18-10-2-4-11(5-3-10)25-16(27)29-15(24-25)28-8-14(26)23-13-7-9(17(20,21)22)1-6-12(13)19/h1-7H,8H2,(H,23,26). The first-order valence-corrected chi connectivity index (χ1v) is 10.8. The number of amides is 1. The van der Waals surface area contributed by atoms with E-state index in [4.69, 9.17) is 35.4 Å². The van der Waals surface area contributed by atoms with Gasteiger partial charge in [-0.05, 0) is 54.7 Å². The van der Waals surface area contributed by atoms with Gasteiger partial charge in [-0.25, -0.2) is 4.68 Å². The molecule has 12 heteroatoms. The van der Waals surface area contributed by atoms with Crippen molar-refractivity contribution in [3.8, 4) is 5.69 Å². The zero-order valence-electron chi connectivity index (χ0n) is 14.2. The van der Waals surface area contributed by atoms with Crippen molar-refractivity contribution >= 4 is 70.1 Å². The summed E-state index contributed by atoms with van der Waals surface area (Å²) in [5.74, 6) is -0.592. The number of rotatable bonds is 5. The molecule has 0 atom stereocenters. The molecule has 0 spiro atoms. The molecule has 3 aromatic rings. The SMILES string of the molecule is O=C(CSc1nn(-c2ccc(Cl)cc2)c(=S)s1)Nc1cc(C(F)(F)F)ccc1Cl. The van der Waals surface area contributed by atoms with E-state index in [0.29, 0.717) is 13.3 Å². The van der Waals surface area contributed by atoms with Gasteiger partial charge in [0.05, 0.1) is 27.7 Å². The van der Waals surface area contributed by atoms with Crippen LogP contribution in [-0.2, 0) is 11.0 Å². The topological polar surface area (TPSA) is 46.9 Å². The maximum absolute atomic E-state index is 12.8. The van der Waals surface area contributed by atoms with Crippen molar-refractivity contribution in [2.24, 2.45) is 0 Å². The van der Waals surface area contributed by atoms with Gasteiger partial charge >= 0.3 is 6.18 Å². The Hall–Kier alpha value is -1.59. The molecule has 0 fully saturated rings. The van der Waals surface area contributed by atoms with E-state index in [0.717, 1.165) is 35.6 Å². The third-order valence-corrected chi connectivity index (χ3v) is 6.44. The molecule has 0 aliphatic heterocycles. The van der Waals surface area contributed by atoms with Crippen LogP contribution in [0.2, 0.25) is 10.0 Å². The first-order chi connectivity index (χ1) is 13.6. The number of carbonyl (C=O) groups is 1. The summed E-state index contributed by atoms with van der Waals surface area (Å²) in [5.41, 5.74) is -0.279. The molecule has 0 aliphatic carbocycles. The molecule has 1 N–H and O–H groups in total. The number of hydrogen-bond donors (Lipinski definition) is 1. The Bertz CT molecular complexity index is 1100. The van der Waals surface area contributed by atoms with Crippen molar-refractivity contribution in [3.63, 3.8) is 0 Å². The van der Waals surface area contributed by atoms with Crippen LogP contribution in [0.3, 0.4) is 0 Å². The van der Waals surface area contributed by atoms with Crippen molar-refractivity contribution in [2.75, 3.05) is 11.1 Å². The van der Waals surface area contributed by atoms with Gasteiger partial charge in [-0.3, -0.25) is 4.79 Å². The maximum atomic E-state index is 12.8. The predicted octanol–water partition coefficient (Wildman–Crippen LogP) is 6.72. The maximum Gasteiger partial charge on any atom is 0.416 e. The van der Waals surface area contributed by atoms with Gasteiger partial charge in [-0.2, -0.15) is 13.2 Å². The number of alkyl halides is 3. The van der Waals surface area contributed by atoms with Crippen LogP contribution < -0.4 is 5.32 Å². The van der Waals surface area contributed by atoms with E-state index in [1.807, 2.05) is 0 Å². The molecule has 1 heterocycles. The van der Waals surface area contributed by atoms with Gasteiger partial charge in [-0.1, -0.05) is 46.3 Å². The number of nitrogens with zero attached hydrogens (tertiary/aromatic N) is 2. The lowest BCUT2D eigenvalue weighted by molar-refractivity contribution is -0.137. The minimum Gasteiger partial charge on any atom is -0.324 e. The molecule has 1 amide bonds. The summed E-state index contributed by atoms with van der Waals surface area (Å²) in [6.07, 6.45) is -4.53. The largest absolute Gasteiger partial charge is 0.416 e. The fourth-order valence-corrected chi connectivity index (χ4v) is 4.63. The molecule has 0 bridgehead atoms. The lowest BCUT2D eigenvalue weighted by Crippen LogP contribution is -2.15. The second-order valence-electron chi connectivity index (χ2n) is 5.55. The average molecular weight is 496 g/mol. The van der Waals surface area contributed by atoms with E-state index in [1.54, 1.807) is 28.9 Å². The van der Waals surface area contributed by atoms with Crippen LogP contribution in [0.4, 0.5) is 18.9 Å². The van der Waals surface area contributed by atoms with Crippen molar-refractivity contribution in [1.82, 2.24) is 9.78 Å². The number of benzene rings is 2. The second kappa shape index (κ2) is 9.05. The Labute approximate surface area is 186 Å². The molecule has 2 aromatic carbocycles. The molecule has 0 unspecified atom stereocenters. The Morgan fingerprint density at radius 1 is 1.21 bits per heavy atom. The molecule has 0 saturated heterocycles. The summed E-state index contributed by atoms with van der Waals surface area (Å²) in [6, 6.07) is 9.66. The zero-order chi connectivity index (χ0) is 21.2. The molecule has 0 radical (unpaired) electrons. The number of anilines is 1. The summed E-state index contributed by atoms with van der Waals surface area (Å²) in [4.78, 5) is 12.2. The van der Waals surface area contributed by atoms with Crippen molar-refractivity contribution in [2.45, 2.75) is 10.5 Å². The van der Waals surface area contributed by atoms with Crippen molar-refractivity contribution in [1.29, 1.82) is 0 Å². The second-order valence-corrected chi connectivity index (χ2v) is 9.24. The van der Waals surface area contributed by atoms with Gasteiger partial charge < -0.3 is 5.32 Å². The number of hydrogen-bond acceptors (Lipinski definition) is 5. The Morgan fingerprint density at radius 2 is 1.90 bits per heavy atom. The number of aromatic nitrogens is 2. The first kappa shape index (κ1) is 22.1. The van der Waals surface area contributed by atoms with E-state index in [1.165, 1.54) is 11.3 Å². The van der Waals surface area contributed by atoms with Gasteiger partial charge in [0, 0.05) is 5.02 Å². The molecule has 0 saturated carbocycles. The highest BCUT2D eigenvalue weighted by molar-refractivity contribution is 8.01. The number of thioether (sulfide) groups is 1. The molecule has 29 heavy (non-hydrogen) atoms. The number of carbonyl (C=O) groups excluding carboxylic acids is 1. The van der Waals surface area contributed by atoms with E-state index >= 15 is 0 Å². The normalized spacial score (nSPS) is 11.5. The lowest BCUT2D eigenvalue weighted by atomic mass is 10.2. The third-order valence-electron chi connectivity index (χ3n) is 3.49. The van der Waals surface area contributed by atoms with E-state index < -0.39 is 17.6 Å². The van der Waals surface area contributed by atoms with Gasteiger partial charge in [0.15, 0.2) is 8.29 Å². The van der Waals surface area contributed by atoms with Crippen LogP contribution >= 0.6 is 58.5 Å². The molecule has 1 aromatic heterocycles. The highest BCUT2D eigenvalue weighted by atomic mass is 35.5. The monoisotopic (exact) mass is 495 g/mol. The van der Waals surface area contributed by atoms with Crippen LogP contribution in [-0.4, -0.2) is 21.4 Å². The van der Waals surface area contributed by atoms with Crippen LogP contribution in [0.15, 0.2) is 46.8 Å². The van der Waals surface area contributed by atoms with Crippen LogP contribution in [0.1, 0.15) is 5.56 Å². The van der Waals surface area contributed by atoms with Crippen molar-refractivity contribution in [3.05, 3.63) is 62.0 Å². The smallest absolute Gasteiger partial charge is 0.324 e. The third kappa shape index (κ3) is 5.73.